The lowest BCUT2D eigenvalue weighted by molar-refractivity contribution is -0.147. The highest BCUT2D eigenvalue weighted by Gasteiger charge is 2.31. The highest BCUT2D eigenvalue weighted by atomic mass is 35.5. The fourth-order valence-corrected chi connectivity index (χ4v) is 3.82. The summed E-state index contributed by atoms with van der Waals surface area (Å²) in [5.74, 6) is -1.20. The van der Waals surface area contributed by atoms with Gasteiger partial charge in [-0.15, -0.1) is 0 Å². The molecule has 0 spiro atoms. The van der Waals surface area contributed by atoms with Gasteiger partial charge >= 0.3 is 5.97 Å². The maximum absolute atomic E-state index is 12.8. The lowest BCUT2D eigenvalue weighted by atomic mass is 10.0. The minimum absolute atomic E-state index is 0.111. The van der Waals surface area contributed by atoms with E-state index in [0.717, 1.165) is 11.4 Å². The number of ether oxygens (including phenoxy) is 1. The van der Waals surface area contributed by atoms with Crippen LogP contribution in [0.3, 0.4) is 0 Å². The number of carbonyl (C=O) groups excluding carboxylic acids is 3. The number of nitriles is 1. The molecule has 0 bridgehead atoms. The number of Topliss-reactive ketones (excluding diaryl/α,β-unsaturated/α-hetero) is 1. The van der Waals surface area contributed by atoms with E-state index in [1.807, 2.05) is 30.3 Å². The molecule has 3 rings (SSSR count). The highest BCUT2D eigenvalue weighted by Crippen LogP contribution is 2.40. The van der Waals surface area contributed by atoms with Crippen LogP contribution in [0.4, 0.5) is 11.4 Å². The van der Waals surface area contributed by atoms with Crippen LogP contribution in [0.15, 0.2) is 59.9 Å². The smallest absolute Gasteiger partial charge is 0.308 e. The van der Waals surface area contributed by atoms with Crippen LogP contribution in [0.25, 0.3) is 0 Å². The Morgan fingerprint density at radius 3 is 2.15 bits per heavy atom. The summed E-state index contributed by atoms with van der Waals surface area (Å²) in [7, 11) is 3.52. The molecule has 1 atom stereocenters. The standard InChI is InChI=1S/C24H23ClN4O4/c1-15(30)27-19(16-8-10-17(25)11-9-16)12-23(32)33-14-22(31)18(13-26)24-28(2)20-6-4-5-7-21(20)29(24)3/h4-11,19H,12,14H2,1-3H3,(H,27,30). The van der Waals surface area contributed by atoms with Crippen LogP contribution in [-0.4, -0.2) is 38.4 Å². The molecule has 1 heterocycles. The number of halogens is 1. The van der Waals surface area contributed by atoms with Gasteiger partial charge in [-0.25, -0.2) is 0 Å². The van der Waals surface area contributed by atoms with Gasteiger partial charge in [-0.3, -0.25) is 14.4 Å². The summed E-state index contributed by atoms with van der Waals surface area (Å²) in [6.07, 6.45) is -0.182. The fourth-order valence-electron chi connectivity index (χ4n) is 3.69. The van der Waals surface area contributed by atoms with Gasteiger partial charge in [0, 0.05) is 26.0 Å². The van der Waals surface area contributed by atoms with Crippen LogP contribution < -0.4 is 15.1 Å². The van der Waals surface area contributed by atoms with Gasteiger partial charge in [0.25, 0.3) is 0 Å². The molecule has 0 radical (unpaired) electrons. The minimum Gasteiger partial charge on any atom is -0.457 e. The van der Waals surface area contributed by atoms with E-state index in [4.69, 9.17) is 16.3 Å². The van der Waals surface area contributed by atoms with Crippen LogP contribution in [0.1, 0.15) is 24.9 Å². The average molecular weight is 467 g/mol. The van der Waals surface area contributed by atoms with E-state index >= 15 is 0 Å². The Morgan fingerprint density at radius 2 is 1.64 bits per heavy atom. The SMILES string of the molecule is CC(=O)NC(CC(=O)OCC(=O)C(C#N)=C1N(C)c2ccccc2N1C)c1ccc(Cl)cc1. The molecule has 0 saturated carbocycles. The third-order valence-electron chi connectivity index (χ3n) is 5.24. The van der Waals surface area contributed by atoms with Gasteiger partial charge in [-0.05, 0) is 29.8 Å². The van der Waals surface area contributed by atoms with Gasteiger partial charge in [0.1, 0.15) is 17.5 Å². The number of esters is 1. The van der Waals surface area contributed by atoms with E-state index in [1.165, 1.54) is 6.92 Å². The molecule has 2 aromatic carbocycles. The number of amides is 1. The van der Waals surface area contributed by atoms with Gasteiger partial charge < -0.3 is 19.9 Å². The molecular formula is C24H23ClN4O4. The number of hydrogen-bond donors (Lipinski definition) is 1. The Labute approximate surface area is 197 Å². The maximum Gasteiger partial charge on any atom is 0.308 e. The number of nitrogens with one attached hydrogen (secondary N) is 1. The van der Waals surface area contributed by atoms with Crippen molar-refractivity contribution in [2.24, 2.45) is 0 Å². The number of carbonyl (C=O) groups is 3. The van der Waals surface area contributed by atoms with E-state index in [-0.39, 0.29) is 17.9 Å². The van der Waals surface area contributed by atoms with Crippen molar-refractivity contribution in [1.82, 2.24) is 5.32 Å². The third-order valence-corrected chi connectivity index (χ3v) is 5.49. The normalized spacial score (nSPS) is 13.1. The molecule has 0 aliphatic carbocycles. The summed E-state index contributed by atoms with van der Waals surface area (Å²) in [5, 5.41) is 12.9. The molecule has 170 valence electrons. The molecule has 1 unspecified atom stereocenters. The van der Waals surface area contributed by atoms with Crippen molar-refractivity contribution in [3.63, 3.8) is 0 Å². The second-order valence-electron chi connectivity index (χ2n) is 7.51. The number of anilines is 2. The van der Waals surface area contributed by atoms with E-state index < -0.39 is 24.4 Å². The molecule has 1 N–H and O–H groups in total. The largest absolute Gasteiger partial charge is 0.457 e. The van der Waals surface area contributed by atoms with E-state index in [9.17, 15) is 19.6 Å². The predicted molar refractivity (Wildman–Crippen MR) is 124 cm³/mol. The van der Waals surface area contributed by atoms with Crippen molar-refractivity contribution in [3.8, 4) is 6.07 Å². The van der Waals surface area contributed by atoms with Crippen molar-refractivity contribution in [2.75, 3.05) is 30.5 Å². The van der Waals surface area contributed by atoms with Gasteiger partial charge in [-0.2, -0.15) is 5.26 Å². The van der Waals surface area contributed by atoms with Gasteiger partial charge in [0.2, 0.25) is 11.7 Å². The predicted octanol–water partition coefficient (Wildman–Crippen LogP) is 3.34. The Hall–Kier alpha value is -3.83. The summed E-state index contributed by atoms with van der Waals surface area (Å²) < 4.78 is 5.16. The third kappa shape index (κ3) is 5.33. The van der Waals surface area contributed by atoms with Crippen LogP contribution in [0.5, 0.6) is 0 Å². The summed E-state index contributed by atoms with van der Waals surface area (Å²) in [4.78, 5) is 40.3. The summed E-state index contributed by atoms with van der Waals surface area (Å²) in [6.45, 7) is 0.756. The van der Waals surface area contributed by atoms with Gasteiger partial charge in [-0.1, -0.05) is 35.9 Å². The zero-order valence-electron chi connectivity index (χ0n) is 18.5. The van der Waals surface area contributed by atoms with Crippen LogP contribution in [-0.2, 0) is 19.1 Å². The molecule has 0 saturated heterocycles. The quantitative estimate of drug-likeness (QED) is 0.379. The Balaban J connectivity index is 1.70. The number of ketones is 1. The number of nitrogens with zero attached hydrogens (tertiary/aromatic N) is 3. The molecular weight excluding hydrogens is 444 g/mol. The first kappa shape index (κ1) is 23.8. The summed E-state index contributed by atoms with van der Waals surface area (Å²) >= 11 is 5.91. The number of benzene rings is 2. The molecule has 0 fully saturated rings. The lowest BCUT2D eigenvalue weighted by Crippen LogP contribution is -2.30. The number of rotatable bonds is 7. The van der Waals surface area contributed by atoms with Crippen molar-refractivity contribution in [3.05, 3.63) is 70.5 Å². The zero-order valence-corrected chi connectivity index (χ0v) is 19.2. The lowest BCUT2D eigenvalue weighted by Gasteiger charge is -2.20. The molecule has 1 aliphatic heterocycles. The Kier molecular flexibility index (Phi) is 7.36. The summed E-state index contributed by atoms with van der Waals surface area (Å²) in [5.41, 5.74) is 2.27. The maximum atomic E-state index is 12.8. The number of para-hydroxylation sites is 2. The monoisotopic (exact) mass is 466 g/mol. The molecule has 2 aromatic rings. The van der Waals surface area contributed by atoms with Gasteiger partial charge in [0.15, 0.2) is 6.61 Å². The number of hydrogen-bond acceptors (Lipinski definition) is 7. The van der Waals surface area contributed by atoms with Crippen molar-refractivity contribution >= 4 is 40.6 Å². The highest BCUT2D eigenvalue weighted by molar-refractivity contribution is 6.30. The zero-order chi connectivity index (χ0) is 24.1. The van der Waals surface area contributed by atoms with Crippen molar-refractivity contribution < 1.29 is 19.1 Å². The van der Waals surface area contributed by atoms with Crippen molar-refractivity contribution in [2.45, 2.75) is 19.4 Å². The molecule has 0 aromatic heterocycles. The summed E-state index contributed by atoms with van der Waals surface area (Å²) in [6, 6.07) is 15.5. The van der Waals surface area contributed by atoms with Crippen LogP contribution >= 0.6 is 11.6 Å². The van der Waals surface area contributed by atoms with Crippen LogP contribution in [0, 0.1) is 11.3 Å². The second kappa shape index (κ2) is 10.2. The minimum atomic E-state index is -0.684. The number of fused-ring (bicyclic) bond motifs is 1. The van der Waals surface area contributed by atoms with E-state index in [2.05, 4.69) is 5.32 Å². The average Bonchev–Trinajstić information content (AvgIpc) is 3.03. The topological polar surface area (TPSA) is 103 Å². The molecule has 9 heteroatoms. The molecule has 1 aliphatic rings. The second-order valence-corrected chi connectivity index (χ2v) is 7.95. The fraction of sp³-hybridized carbons (Fsp3) is 0.250. The Bertz CT molecular complexity index is 1120. The molecule has 1 amide bonds. The Morgan fingerprint density at radius 1 is 1.06 bits per heavy atom. The van der Waals surface area contributed by atoms with Crippen LogP contribution in [0.2, 0.25) is 5.02 Å². The van der Waals surface area contributed by atoms with Crippen molar-refractivity contribution in [1.29, 1.82) is 5.26 Å². The molecule has 33 heavy (non-hydrogen) atoms. The molecule has 8 nitrogen and oxygen atoms in total. The first-order valence-electron chi connectivity index (χ1n) is 10.1. The van der Waals surface area contributed by atoms with E-state index in [1.54, 1.807) is 48.2 Å². The van der Waals surface area contributed by atoms with E-state index in [0.29, 0.717) is 16.4 Å². The first-order chi connectivity index (χ1) is 15.7. The van der Waals surface area contributed by atoms with Gasteiger partial charge in [0.05, 0.1) is 23.8 Å². The first-order valence-corrected chi connectivity index (χ1v) is 10.5.